The van der Waals surface area contributed by atoms with Crippen LogP contribution in [0.4, 0.5) is 11.4 Å². The highest BCUT2D eigenvalue weighted by atomic mass is 16.4. The Labute approximate surface area is 142 Å². The third kappa shape index (κ3) is 2.62. The molecule has 0 saturated heterocycles. The van der Waals surface area contributed by atoms with Crippen molar-refractivity contribution in [3.05, 3.63) is 59.7 Å². The van der Waals surface area contributed by atoms with Crippen LogP contribution in [0.3, 0.4) is 0 Å². The lowest BCUT2D eigenvalue weighted by Gasteiger charge is -2.44. The van der Waals surface area contributed by atoms with Crippen molar-refractivity contribution >= 4 is 17.3 Å². The SMILES string of the molecule is O=C(O)c1ccccc1CN1CC2(CCCC2)Nc2ccccc21. The van der Waals surface area contributed by atoms with E-state index in [1.807, 2.05) is 18.2 Å². The van der Waals surface area contributed by atoms with Gasteiger partial charge in [-0.25, -0.2) is 4.79 Å². The summed E-state index contributed by atoms with van der Waals surface area (Å²) < 4.78 is 0. The Bertz CT molecular complexity index is 766. The Morgan fingerprint density at radius 2 is 1.79 bits per heavy atom. The molecule has 1 spiro atoms. The number of hydrogen-bond donors (Lipinski definition) is 2. The first kappa shape index (κ1) is 15.1. The van der Waals surface area contributed by atoms with Gasteiger partial charge in [-0.2, -0.15) is 0 Å². The molecule has 0 atom stereocenters. The summed E-state index contributed by atoms with van der Waals surface area (Å²) in [6.07, 6.45) is 4.88. The van der Waals surface area contributed by atoms with Crippen LogP contribution in [0.15, 0.2) is 48.5 Å². The smallest absolute Gasteiger partial charge is 0.336 e. The molecule has 2 aliphatic rings. The van der Waals surface area contributed by atoms with Crippen LogP contribution in [-0.2, 0) is 6.54 Å². The van der Waals surface area contributed by atoms with Crippen molar-refractivity contribution in [2.75, 3.05) is 16.8 Å². The zero-order valence-corrected chi connectivity index (χ0v) is 13.7. The molecule has 1 aliphatic heterocycles. The van der Waals surface area contributed by atoms with E-state index in [9.17, 15) is 9.90 Å². The molecule has 1 aliphatic carbocycles. The molecule has 2 aromatic rings. The normalized spacial score (nSPS) is 18.2. The van der Waals surface area contributed by atoms with Crippen molar-refractivity contribution in [2.45, 2.75) is 37.8 Å². The number of rotatable bonds is 3. The Hall–Kier alpha value is -2.49. The van der Waals surface area contributed by atoms with Crippen molar-refractivity contribution in [1.82, 2.24) is 0 Å². The number of benzene rings is 2. The summed E-state index contributed by atoms with van der Waals surface area (Å²) in [5.74, 6) is -0.857. The van der Waals surface area contributed by atoms with Gasteiger partial charge in [0.1, 0.15) is 0 Å². The molecule has 4 heteroatoms. The summed E-state index contributed by atoms with van der Waals surface area (Å²) in [5.41, 5.74) is 3.73. The van der Waals surface area contributed by atoms with E-state index in [2.05, 4.69) is 28.4 Å². The Morgan fingerprint density at radius 3 is 2.58 bits per heavy atom. The number of nitrogens with one attached hydrogen (secondary N) is 1. The number of para-hydroxylation sites is 2. The van der Waals surface area contributed by atoms with E-state index < -0.39 is 5.97 Å². The van der Waals surface area contributed by atoms with E-state index in [0.717, 1.165) is 17.8 Å². The third-order valence-corrected chi connectivity index (χ3v) is 5.31. The van der Waals surface area contributed by atoms with Gasteiger partial charge in [-0.15, -0.1) is 0 Å². The molecule has 0 amide bonds. The number of aromatic carboxylic acids is 1. The van der Waals surface area contributed by atoms with Gasteiger partial charge >= 0.3 is 5.97 Å². The second kappa shape index (κ2) is 5.86. The number of fused-ring (bicyclic) bond motifs is 1. The van der Waals surface area contributed by atoms with E-state index >= 15 is 0 Å². The molecular weight excluding hydrogens is 300 g/mol. The molecule has 0 bridgehead atoms. The molecule has 124 valence electrons. The fourth-order valence-corrected chi connectivity index (χ4v) is 4.18. The van der Waals surface area contributed by atoms with Gasteiger partial charge in [0.15, 0.2) is 0 Å². The average Bonchev–Trinajstić information content (AvgIpc) is 3.02. The van der Waals surface area contributed by atoms with Crippen LogP contribution in [-0.4, -0.2) is 23.2 Å². The predicted molar refractivity (Wildman–Crippen MR) is 95.7 cm³/mol. The molecular formula is C20H22N2O2. The van der Waals surface area contributed by atoms with Gasteiger partial charge in [-0.3, -0.25) is 0 Å². The van der Waals surface area contributed by atoms with E-state index in [4.69, 9.17) is 0 Å². The predicted octanol–water partition coefficient (Wildman–Crippen LogP) is 4.13. The maximum atomic E-state index is 11.5. The zero-order valence-electron chi connectivity index (χ0n) is 13.7. The summed E-state index contributed by atoms with van der Waals surface area (Å²) in [7, 11) is 0. The number of carboxylic acids is 1. The van der Waals surface area contributed by atoms with Gasteiger partial charge in [0.05, 0.1) is 22.5 Å². The second-order valence-electron chi connectivity index (χ2n) is 6.95. The van der Waals surface area contributed by atoms with Crippen molar-refractivity contribution < 1.29 is 9.90 Å². The lowest BCUT2D eigenvalue weighted by Crippen LogP contribution is -2.50. The standard InChI is InChI=1S/C20H22N2O2/c23-19(24)16-8-2-1-7-15(16)13-22-14-20(11-5-6-12-20)21-17-9-3-4-10-18(17)22/h1-4,7-10,21H,5-6,11-14H2,(H,23,24). The molecule has 4 rings (SSSR count). The molecule has 1 fully saturated rings. The summed E-state index contributed by atoms with van der Waals surface area (Å²) in [5, 5.41) is 13.2. The monoisotopic (exact) mass is 322 g/mol. The summed E-state index contributed by atoms with van der Waals surface area (Å²) in [4.78, 5) is 13.9. The van der Waals surface area contributed by atoms with Crippen molar-refractivity contribution in [3.63, 3.8) is 0 Å². The topological polar surface area (TPSA) is 52.6 Å². The maximum absolute atomic E-state index is 11.5. The van der Waals surface area contributed by atoms with Crippen LogP contribution in [0, 0.1) is 0 Å². The van der Waals surface area contributed by atoms with Crippen LogP contribution >= 0.6 is 0 Å². The first-order valence-corrected chi connectivity index (χ1v) is 8.60. The molecule has 24 heavy (non-hydrogen) atoms. The van der Waals surface area contributed by atoms with Crippen molar-refractivity contribution in [1.29, 1.82) is 0 Å². The van der Waals surface area contributed by atoms with Gasteiger partial charge < -0.3 is 15.3 Å². The van der Waals surface area contributed by atoms with E-state index in [-0.39, 0.29) is 5.54 Å². The number of carboxylic acid groups (broad SMARTS) is 1. The lowest BCUT2D eigenvalue weighted by molar-refractivity contribution is 0.0695. The van der Waals surface area contributed by atoms with Gasteiger partial charge in [0.25, 0.3) is 0 Å². The molecule has 1 saturated carbocycles. The van der Waals surface area contributed by atoms with Gasteiger partial charge in [0, 0.05) is 13.1 Å². The summed E-state index contributed by atoms with van der Waals surface area (Å²) >= 11 is 0. The molecule has 1 heterocycles. The highest BCUT2D eigenvalue weighted by molar-refractivity contribution is 5.89. The van der Waals surface area contributed by atoms with E-state index in [1.165, 1.54) is 31.4 Å². The minimum Gasteiger partial charge on any atom is -0.478 e. The van der Waals surface area contributed by atoms with Crippen LogP contribution < -0.4 is 10.2 Å². The Kier molecular flexibility index (Phi) is 3.68. The first-order valence-electron chi connectivity index (χ1n) is 8.60. The lowest BCUT2D eigenvalue weighted by atomic mass is 9.92. The molecule has 4 nitrogen and oxygen atoms in total. The quantitative estimate of drug-likeness (QED) is 0.892. The van der Waals surface area contributed by atoms with Gasteiger partial charge in [-0.05, 0) is 36.6 Å². The van der Waals surface area contributed by atoms with Gasteiger partial charge in [0.2, 0.25) is 0 Å². The summed E-state index contributed by atoms with van der Waals surface area (Å²) in [6, 6.07) is 15.7. The van der Waals surface area contributed by atoms with Gasteiger partial charge in [-0.1, -0.05) is 43.2 Å². The fourth-order valence-electron chi connectivity index (χ4n) is 4.18. The minimum absolute atomic E-state index is 0.131. The summed E-state index contributed by atoms with van der Waals surface area (Å²) in [6.45, 7) is 1.56. The molecule has 2 N–H and O–H groups in total. The average molecular weight is 322 g/mol. The number of hydrogen-bond acceptors (Lipinski definition) is 3. The van der Waals surface area contributed by atoms with Crippen LogP contribution in [0.1, 0.15) is 41.6 Å². The van der Waals surface area contributed by atoms with E-state index in [1.54, 1.807) is 12.1 Å². The Balaban J connectivity index is 1.70. The molecule has 0 radical (unpaired) electrons. The van der Waals surface area contributed by atoms with Crippen molar-refractivity contribution in [3.8, 4) is 0 Å². The fraction of sp³-hybridized carbons (Fsp3) is 0.350. The third-order valence-electron chi connectivity index (χ3n) is 5.31. The van der Waals surface area contributed by atoms with Crippen LogP contribution in [0.2, 0.25) is 0 Å². The molecule has 2 aromatic carbocycles. The molecule has 0 unspecified atom stereocenters. The zero-order chi connectivity index (χ0) is 16.6. The number of nitrogens with zero attached hydrogens (tertiary/aromatic N) is 1. The second-order valence-corrected chi connectivity index (χ2v) is 6.95. The van der Waals surface area contributed by atoms with E-state index in [0.29, 0.717) is 12.1 Å². The number of anilines is 2. The molecule has 0 aromatic heterocycles. The van der Waals surface area contributed by atoms with Crippen molar-refractivity contribution in [2.24, 2.45) is 0 Å². The Morgan fingerprint density at radius 1 is 1.08 bits per heavy atom. The largest absolute Gasteiger partial charge is 0.478 e. The first-order chi connectivity index (χ1) is 11.7. The maximum Gasteiger partial charge on any atom is 0.336 e. The highest BCUT2D eigenvalue weighted by Crippen LogP contribution is 2.42. The van der Waals surface area contributed by atoms with Crippen LogP contribution in [0.25, 0.3) is 0 Å². The minimum atomic E-state index is -0.857. The highest BCUT2D eigenvalue weighted by Gasteiger charge is 2.39. The number of carbonyl (C=O) groups is 1. The van der Waals surface area contributed by atoms with Crippen LogP contribution in [0.5, 0.6) is 0 Å².